The first-order valence-corrected chi connectivity index (χ1v) is 2.97. The quantitative estimate of drug-likeness (QED) is 0.228. The van der Waals surface area contributed by atoms with Crippen LogP contribution in [0.15, 0.2) is 0 Å². The molecule has 6 heteroatoms. The van der Waals surface area contributed by atoms with Gasteiger partial charge in [0, 0.05) is 6.54 Å². The molecule has 0 spiro atoms. The molecule has 48 valence electrons. The summed E-state index contributed by atoms with van der Waals surface area (Å²) in [4.78, 5) is 9.61. The number of rotatable bonds is 2. The molecule has 0 aliphatic rings. The summed E-state index contributed by atoms with van der Waals surface area (Å²) in [6.45, 7) is 0.203. The third-order valence-electron chi connectivity index (χ3n) is 0.429. The van der Waals surface area contributed by atoms with Crippen LogP contribution in [0.5, 0.6) is 0 Å². The molecule has 0 saturated heterocycles. The second-order valence-corrected chi connectivity index (χ2v) is 2.80. The molecule has 1 amide bonds. The molecule has 0 bridgehead atoms. The molecule has 0 aromatic carbocycles. The van der Waals surface area contributed by atoms with Crippen molar-refractivity contribution in [1.29, 1.82) is 0 Å². The molecule has 0 fully saturated rings. The summed E-state index contributed by atoms with van der Waals surface area (Å²) in [7, 11) is 0. The van der Waals surface area contributed by atoms with Gasteiger partial charge in [-0.1, -0.05) is 0 Å². The summed E-state index contributed by atoms with van der Waals surface area (Å²) >= 11 is 7.57. The number of hydrogen-bond donors (Lipinski definition) is 3. The fourth-order valence-corrected chi connectivity index (χ4v) is 0.357. The van der Waals surface area contributed by atoms with Gasteiger partial charge in [-0.2, -0.15) is 25.3 Å². The van der Waals surface area contributed by atoms with E-state index >= 15 is 0 Å². The largest absolute Gasteiger partial charge is 1.00 e. The molecule has 1 N–H and O–H groups in total. The third kappa shape index (κ3) is 12.2. The summed E-state index contributed by atoms with van der Waals surface area (Å²) < 4.78 is -0.257. The van der Waals surface area contributed by atoms with Crippen LogP contribution in [0.1, 0.15) is 0 Å². The molecule has 0 radical (unpaired) electrons. The molecule has 0 unspecified atom stereocenters. The molecule has 0 heterocycles. The Kier molecular flexibility index (Phi) is 9.94. The summed E-state index contributed by atoms with van der Waals surface area (Å²) in [5.41, 5.74) is 0. The summed E-state index contributed by atoms with van der Waals surface area (Å²) in [6.07, 6.45) is -1.29. The number of hydrogen-bond acceptors (Lipinski definition) is 4. The van der Waals surface area contributed by atoms with Gasteiger partial charge in [0.05, 0.1) is 4.58 Å². The van der Waals surface area contributed by atoms with E-state index in [0.717, 1.165) is 0 Å². The number of carbonyl (C=O) groups excluding carboxylic acids is 1. The van der Waals surface area contributed by atoms with Gasteiger partial charge in [-0.25, -0.2) is 0 Å². The second-order valence-electron chi connectivity index (χ2n) is 1.15. The van der Waals surface area contributed by atoms with Crippen LogP contribution < -0.4 is 40.0 Å². The van der Waals surface area contributed by atoms with Crippen molar-refractivity contribution in [3.63, 3.8) is 0 Å². The molecular weight excluding hydrogens is 169 g/mol. The predicted molar refractivity (Wildman–Crippen MR) is 35.2 cm³/mol. The molecule has 0 aromatic heterocycles. The SMILES string of the molecule is O=C([O-])NCC(S)S.[Na+]. The maximum absolute atomic E-state index is 9.61. The number of nitrogens with one attached hydrogen (secondary N) is 1. The number of amides is 1. The van der Waals surface area contributed by atoms with Gasteiger partial charge in [0.25, 0.3) is 0 Å². The van der Waals surface area contributed by atoms with Crippen molar-refractivity contribution >= 4 is 31.4 Å². The zero-order valence-corrected chi connectivity index (χ0v) is 8.78. The Hall–Kier alpha value is 0.970. The van der Waals surface area contributed by atoms with Crippen molar-refractivity contribution in [2.75, 3.05) is 6.54 Å². The minimum Gasteiger partial charge on any atom is -0.530 e. The van der Waals surface area contributed by atoms with Crippen molar-refractivity contribution in [3.05, 3.63) is 0 Å². The first-order chi connectivity index (χ1) is 3.63. The van der Waals surface area contributed by atoms with E-state index in [1.165, 1.54) is 0 Å². The van der Waals surface area contributed by atoms with Crippen LogP contribution in [0, 0.1) is 0 Å². The average molecular weight is 175 g/mol. The van der Waals surface area contributed by atoms with Crippen molar-refractivity contribution < 1.29 is 39.5 Å². The van der Waals surface area contributed by atoms with Crippen LogP contribution in [0.2, 0.25) is 0 Å². The standard InChI is InChI=1S/C3H7NO2S2.Na/c5-3(6)4-1-2(7)8;/h2,4,7-8H,1H2,(H,5,6);/q;+1/p-1. The maximum atomic E-state index is 9.61. The zero-order chi connectivity index (χ0) is 6.57. The van der Waals surface area contributed by atoms with Crippen molar-refractivity contribution in [1.82, 2.24) is 5.32 Å². The van der Waals surface area contributed by atoms with E-state index in [-0.39, 0.29) is 40.7 Å². The topological polar surface area (TPSA) is 52.2 Å². The molecule has 0 saturated carbocycles. The average Bonchev–Trinajstić information content (AvgIpc) is 1.61. The van der Waals surface area contributed by atoms with Crippen LogP contribution in [0.4, 0.5) is 4.79 Å². The first kappa shape index (κ1) is 12.6. The van der Waals surface area contributed by atoms with E-state index in [2.05, 4.69) is 25.3 Å². The van der Waals surface area contributed by atoms with Crippen LogP contribution >= 0.6 is 25.3 Å². The van der Waals surface area contributed by atoms with Gasteiger partial charge in [0.2, 0.25) is 0 Å². The van der Waals surface area contributed by atoms with E-state index in [4.69, 9.17) is 0 Å². The summed E-state index contributed by atoms with van der Waals surface area (Å²) in [5.74, 6) is 0. The Bertz CT molecular complexity index is 89.9. The Morgan fingerprint density at radius 2 is 2.11 bits per heavy atom. The molecule has 0 aliphatic heterocycles. The van der Waals surface area contributed by atoms with E-state index in [1.807, 2.05) is 5.32 Å². The van der Waals surface area contributed by atoms with Gasteiger partial charge < -0.3 is 15.2 Å². The first-order valence-electron chi connectivity index (χ1n) is 1.94. The fourth-order valence-electron chi connectivity index (χ4n) is 0.175. The zero-order valence-electron chi connectivity index (χ0n) is 5.00. The number of carboxylic acid groups (broad SMARTS) is 1. The van der Waals surface area contributed by atoms with Gasteiger partial charge in [-0.3, -0.25) is 0 Å². The van der Waals surface area contributed by atoms with E-state index in [0.29, 0.717) is 0 Å². The molecular formula is C3H6NNaO2S2. The molecule has 0 rings (SSSR count). The van der Waals surface area contributed by atoms with Crippen LogP contribution in [0.3, 0.4) is 0 Å². The van der Waals surface area contributed by atoms with Crippen LogP contribution in [0.25, 0.3) is 0 Å². The molecule has 0 atom stereocenters. The normalized spacial score (nSPS) is 8.33. The van der Waals surface area contributed by atoms with Gasteiger partial charge in [0.15, 0.2) is 0 Å². The van der Waals surface area contributed by atoms with Gasteiger partial charge >= 0.3 is 29.6 Å². The molecule has 0 aliphatic carbocycles. The number of carbonyl (C=O) groups is 1. The van der Waals surface area contributed by atoms with Crippen molar-refractivity contribution in [3.8, 4) is 0 Å². The van der Waals surface area contributed by atoms with E-state index in [1.54, 1.807) is 0 Å². The molecule has 3 nitrogen and oxygen atoms in total. The van der Waals surface area contributed by atoms with Crippen molar-refractivity contribution in [2.24, 2.45) is 0 Å². The number of thiol groups is 2. The fraction of sp³-hybridized carbons (Fsp3) is 0.667. The van der Waals surface area contributed by atoms with Gasteiger partial charge in [-0.05, 0) is 0 Å². The van der Waals surface area contributed by atoms with Gasteiger partial charge in [-0.15, -0.1) is 0 Å². The predicted octanol–water partition coefficient (Wildman–Crippen LogP) is -3.89. The van der Waals surface area contributed by atoms with E-state index < -0.39 is 6.09 Å². The summed E-state index contributed by atoms with van der Waals surface area (Å²) in [6, 6.07) is 0. The minimum atomic E-state index is -1.29. The van der Waals surface area contributed by atoms with Crippen LogP contribution in [-0.4, -0.2) is 17.2 Å². The van der Waals surface area contributed by atoms with Gasteiger partial charge in [0.1, 0.15) is 6.09 Å². The second kappa shape index (κ2) is 7.08. The Morgan fingerprint density at radius 3 is 2.22 bits per heavy atom. The Balaban J connectivity index is 0. The minimum absolute atomic E-state index is 0. The Labute approximate surface area is 86.7 Å². The third-order valence-corrected chi connectivity index (χ3v) is 0.794. The van der Waals surface area contributed by atoms with E-state index in [9.17, 15) is 9.90 Å². The summed E-state index contributed by atoms with van der Waals surface area (Å²) in [5, 5.41) is 11.6. The molecule has 9 heavy (non-hydrogen) atoms. The van der Waals surface area contributed by atoms with Crippen LogP contribution in [-0.2, 0) is 0 Å². The van der Waals surface area contributed by atoms with Crippen molar-refractivity contribution in [2.45, 2.75) is 4.58 Å². The Morgan fingerprint density at radius 1 is 1.67 bits per heavy atom. The molecule has 0 aromatic rings. The maximum Gasteiger partial charge on any atom is 1.00 e. The monoisotopic (exact) mass is 175 g/mol. The smallest absolute Gasteiger partial charge is 0.530 e.